The second-order valence-electron chi connectivity index (χ2n) is 4.28. The molecule has 0 unspecified atom stereocenters. The van der Waals surface area contributed by atoms with E-state index in [1.54, 1.807) is 19.2 Å². The maximum Gasteiger partial charge on any atom is 0.242 e. The van der Waals surface area contributed by atoms with Crippen LogP contribution in [0, 0.1) is 5.92 Å². The van der Waals surface area contributed by atoms with Crippen LogP contribution in [0.5, 0.6) is 0 Å². The molecule has 0 bridgehead atoms. The van der Waals surface area contributed by atoms with Crippen molar-refractivity contribution >= 4 is 15.8 Å². The highest BCUT2D eigenvalue weighted by atomic mass is 32.2. The fourth-order valence-electron chi connectivity index (χ4n) is 1.69. The summed E-state index contributed by atoms with van der Waals surface area (Å²) in [5.41, 5.74) is 0. The Morgan fingerprint density at radius 2 is 2.18 bits per heavy atom. The number of nitrogens with zero attached hydrogens (tertiary/aromatic N) is 1. The number of hydrogen-bond donors (Lipinski definition) is 2. The number of nitrogens with one attached hydrogen (secondary N) is 2. The van der Waals surface area contributed by atoms with Crippen molar-refractivity contribution in [2.45, 2.75) is 24.2 Å². The van der Waals surface area contributed by atoms with E-state index in [0.717, 1.165) is 12.8 Å². The van der Waals surface area contributed by atoms with Gasteiger partial charge in [-0.1, -0.05) is 6.42 Å². The minimum Gasteiger partial charge on any atom is -0.373 e. The molecule has 1 aromatic heterocycles. The van der Waals surface area contributed by atoms with Crippen LogP contribution in [-0.2, 0) is 10.0 Å². The fourth-order valence-corrected chi connectivity index (χ4v) is 2.76. The molecular weight excluding hydrogens is 238 g/mol. The number of rotatable bonds is 5. The Bertz CT molecular complexity index is 466. The lowest BCUT2D eigenvalue weighted by Gasteiger charge is -2.25. The van der Waals surface area contributed by atoms with Gasteiger partial charge in [0.1, 0.15) is 10.7 Å². The molecular formula is C11H17N3O2S. The first-order valence-electron chi connectivity index (χ1n) is 5.75. The smallest absolute Gasteiger partial charge is 0.242 e. The van der Waals surface area contributed by atoms with Crippen molar-refractivity contribution < 1.29 is 8.42 Å². The molecule has 2 N–H and O–H groups in total. The van der Waals surface area contributed by atoms with Crippen molar-refractivity contribution in [3.63, 3.8) is 0 Å². The molecule has 0 saturated heterocycles. The van der Waals surface area contributed by atoms with E-state index in [1.165, 1.54) is 12.6 Å². The number of pyridine rings is 1. The summed E-state index contributed by atoms with van der Waals surface area (Å²) in [5.74, 6) is 1.16. The van der Waals surface area contributed by atoms with Crippen LogP contribution in [-0.4, -0.2) is 27.0 Å². The van der Waals surface area contributed by atoms with E-state index in [-0.39, 0.29) is 4.90 Å². The number of sulfonamides is 1. The molecule has 0 radical (unpaired) electrons. The molecule has 5 nitrogen and oxygen atoms in total. The van der Waals surface area contributed by atoms with Crippen molar-refractivity contribution in [2.75, 3.05) is 18.9 Å². The SMILES string of the molecule is CNc1ccc(S(=O)(=O)NCC2CCC2)cn1. The highest BCUT2D eigenvalue weighted by Crippen LogP contribution is 2.25. The fraction of sp³-hybridized carbons (Fsp3) is 0.545. The lowest BCUT2D eigenvalue weighted by molar-refractivity contribution is 0.316. The van der Waals surface area contributed by atoms with E-state index in [9.17, 15) is 8.42 Å². The van der Waals surface area contributed by atoms with E-state index in [4.69, 9.17) is 0 Å². The average molecular weight is 255 g/mol. The molecule has 17 heavy (non-hydrogen) atoms. The van der Waals surface area contributed by atoms with Crippen LogP contribution in [0.25, 0.3) is 0 Å². The van der Waals surface area contributed by atoms with Gasteiger partial charge in [0.2, 0.25) is 10.0 Å². The second-order valence-corrected chi connectivity index (χ2v) is 6.04. The molecule has 0 aliphatic heterocycles. The van der Waals surface area contributed by atoms with E-state index in [1.807, 2.05) is 0 Å². The Morgan fingerprint density at radius 1 is 1.41 bits per heavy atom. The Labute approximate surface area is 102 Å². The predicted molar refractivity (Wildman–Crippen MR) is 66.3 cm³/mol. The highest BCUT2D eigenvalue weighted by molar-refractivity contribution is 7.89. The zero-order valence-electron chi connectivity index (χ0n) is 9.81. The van der Waals surface area contributed by atoms with Crippen LogP contribution < -0.4 is 10.0 Å². The molecule has 1 aliphatic carbocycles. The van der Waals surface area contributed by atoms with Gasteiger partial charge >= 0.3 is 0 Å². The Morgan fingerprint density at radius 3 is 2.65 bits per heavy atom. The Balaban J connectivity index is 2.02. The summed E-state index contributed by atoms with van der Waals surface area (Å²) in [6.07, 6.45) is 4.83. The molecule has 1 fully saturated rings. The van der Waals surface area contributed by atoms with E-state index in [0.29, 0.717) is 18.3 Å². The normalized spacial score (nSPS) is 16.5. The molecule has 0 spiro atoms. The quantitative estimate of drug-likeness (QED) is 0.829. The molecule has 1 saturated carbocycles. The lowest BCUT2D eigenvalue weighted by Crippen LogP contribution is -2.32. The first kappa shape index (κ1) is 12.3. The van der Waals surface area contributed by atoms with Gasteiger partial charge < -0.3 is 5.32 Å². The summed E-state index contributed by atoms with van der Waals surface area (Å²) in [7, 11) is -1.66. The highest BCUT2D eigenvalue weighted by Gasteiger charge is 2.21. The summed E-state index contributed by atoms with van der Waals surface area (Å²) in [4.78, 5) is 4.21. The second kappa shape index (κ2) is 5.01. The van der Waals surface area contributed by atoms with Crippen LogP contribution in [0.1, 0.15) is 19.3 Å². The van der Waals surface area contributed by atoms with Crippen molar-refractivity contribution in [1.82, 2.24) is 9.71 Å². The summed E-state index contributed by atoms with van der Waals surface area (Å²) in [6, 6.07) is 3.21. The molecule has 1 aromatic rings. The largest absolute Gasteiger partial charge is 0.373 e. The molecule has 0 aromatic carbocycles. The van der Waals surface area contributed by atoms with Crippen LogP contribution in [0.3, 0.4) is 0 Å². The zero-order valence-corrected chi connectivity index (χ0v) is 10.6. The van der Waals surface area contributed by atoms with Gasteiger partial charge in [-0.3, -0.25) is 0 Å². The Kier molecular flexibility index (Phi) is 3.63. The Hall–Kier alpha value is -1.14. The van der Waals surface area contributed by atoms with Crippen LogP contribution >= 0.6 is 0 Å². The van der Waals surface area contributed by atoms with Gasteiger partial charge in [-0.05, 0) is 30.9 Å². The van der Waals surface area contributed by atoms with Crippen molar-refractivity contribution in [3.05, 3.63) is 18.3 Å². The minimum absolute atomic E-state index is 0.218. The molecule has 0 atom stereocenters. The lowest BCUT2D eigenvalue weighted by atomic mass is 9.86. The molecule has 0 amide bonds. The third-order valence-corrected chi connectivity index (χ3v) is 4.50. The van der Waals surface area contributed by atoms with Crippen LogP contribution in [0.15, 0.2) is 23.2 Å². The van der Waals surface area contributed by atoms with Crippen molar-refractivity contribution in [3.8, 4) is 0 Å². The summed E-state index contributed by atoms with van der Waals surface area (Å²) < 4.78 is 26.4. The van der Waals surface area contributed by atoms with Crippen LogP contribution in [0.4, 0.5) is 5.82 Å². The molecule has 6 heteroatoms. The molecule has 1 heterocycles. The number of aromatic nitrogens is 1. The van der Waals surface area contributed by atoms with E-state index < -0.39 is 10.0 Å². The van der Waals surface area contributed by atoms with Gasteiger partial charge in [-0.2, -0.15) is 0 Å². The van der Waals surface area contributed by atoms with E-state index >= 15 is 0 Å². The molecule has 94 valence electrons. The maximum atomic E-state index is 11.9. The van der Waals surface area contributed by atoms with Gasteiger partial charge in [-0.15, -0.1) is 0 Å². The average Bonchev–Trinajstić information content (AvgIpc) is 2.27. The van der Waals surface area contributed by atoms with Gasteiger partial charge in [0, 0.05) is 19.8 Å². The van der Waals surface area contributed by atoms with Gasteiger partial charge in [0.05, 0.1) is 0 Å². The summed E-state index contributed by atoms with van der Waals surface area (Å²) in [5, 5.41) is 2.85. The first-order chi connectivity index (χ1) is 8.12. The number of hydrogen-bond acceptors (Lipinski definition) is 4. The van der Waals surface area contributed by atoms with Crippen LogP contribution in [0.2, 0.25) is 0 Å². The molecule has 1 aliphatic rings. The van der Waals surface area contributed by atoms with E-state index in [2.05, 4.69) is 15.0 Å². The van der Waals surface area contributed by atoms with Crippen molar-refractivity contribution in [2.24, 2.45) is 5.92 Å². The minimum atomic E-state index is -3.40. The monoisotopic (exact) mass is 255 g/mol. The zero-order chi connectivity index (χ0) is 12.3. The first-order valence-corrected chi connectivity index (χ1v) is 7.23. The predicted octanol–water partition coefficient (Wildman–Crippen LogP) is 1.20. The van der Waals surface area contributed by atoms with Gasteiger partial charge in [0.15, 0.2) is 0 Å². The standard InChI is InChI=1S/C11H17N3O2S/c1-12-11-6-5-10(8-13-11)17(15,16)14-7-9-3-2-4-9/h5-6,8-9,14H,2-4,7H2,1H3,(H,12,13). The topological polar surface area (TPSA) is 71.1 Å². The van der Waals surface area contributed by atoms with Gasteiger partial charge in [0.25, 0.3) is 0 Å². The summed E-state index contributed by atoms with van der Waals surface area (Å²) >= 11 is 0. The number of anilines is 1. The summed E-state index contributed by atoms with van der Waals surface area (Å²) in [6.45, 7) is 0.538. The third-order valence-electron chi connectivity index (χ3n) is 3.09. The van der Waals surface area contributed by atoms with Crippen molar-refractivity contribution in [1.29, 1.82) is 0 Å². The maximum absolute atomic E-state index is 11.9. The molecule has 2 rings (SSSR count). The third kappa shape index (κ3) is 2.95. The van der Waals surface area contributed by atoms with Gasteiger partial charge in [-0.25, -0.2) is 18.1 Å².